The van der Waals surface area contributed by atoms with E-state index in [0.29, 0.717) is 0 Å². The van der Waals surface area contributed by atoms with Crippen LogP contribution < -0.4 is 5.32 Å². The van der Waals surface area contributed by atoms with Gasteiger partial charge in [0, 0.05) is 11.6 Å². The molecule has 2 heterocycles. The highest BCUT2D eigenvalue weighted by atomic mass is 35.5. The average molecular weight is 254 g/mol. The molecule has 1 N–H and O–H groups in total. The van der Waals surface area contributed by atoms with Gasteiger partial charge in [-0.15, -0.1) is 0 Å². The van der Waals surface area contributed by atoms with Crippen LogP contribution in [0.2, 0.25) is 5.02 Å². The molecule has 1 aromatic carbocycles. The van der Waals surface area contributed by atoms with Crippen molar-refractivity contribution in [3.8, 4) is 0 Å². The molecule has 0 amide bonds. The van der Waals surface area contributed by atoms with Gasteiger partial charge in [-0.25, -0.2) is 0 Å². The first-order chi connectivity index (χ1) is 8.05. The first-order valence-corrected chi connectivity index (χ1v) is 6.27. The van der Waals surface area contributed by atoms with Crippen molar-refractivity contribution in [2.24, 2.45) is 0 Å². The fraction of sp³-hybridized carbons (Fsp3) is 0.538. The molecule has 2 saturated heterocycles. The number of nitrogens with one attached hydrogen (secondary N) is 1. The number of benzene rings is 1. The monoisotopic (exact) mass is 253 g/mol. The second-order valence-corrected chi connectivity index (χ2v) is 5.52. The molecule has 0 bridgehead atoms. The molecule has 2 aliphatic rings. The average Bonchev–Trinajstić information content (AvgIpc) is 2.72. The summed E-state index contributed by atoms with van der Waals surface area (Å²) in [6.07, 6.45) is 0.206. The second-order valence-electron chi connectivity index (χ2n) is 5.08. The molecule has 0 saturated carbocycles. The standard InChI is InChI=1S/C13H16ClNO2/c1-13(2)16-10-7-15-11(12(10)17-13)8-4-3-5-9(14)6-8/h3-6,10-12,15H,7H2,1-2H3/t10-,11?,12?/m0/s1. The largest absolute Gasteiger partial charge is 0.343 e. The molecule has 1 aromatic rings. The van der Waals surface area contributed by atoms with Gasteiger partial charge in [0.05, 0.1) is 6.04 Å². The maximum absolute atomic E-state index is 6.02. The molecule has 0 radical (unpaired) electrons. The molecular formula is C13H16ClNO2. The lowest BCUT2D eigenvalue weighted by molar-refractivity contribution is -0.153. The lowest BCUT2D eigenvalue weighted by Crippen LogP contribution is -2.29. The Labute approximate surface area is 106 Å². The van der Waals surface area contributed by atoms with E-state index in [1.807, 2.05) is 32.0 Å². The Morgan fingerprint density at radius 2 is 2.18 bits per heavy atom. The zero-order chi connectivity index (χ0) is 12.0. The van der Waals surface area contributed by atoms with Crippen molar-refractivity contribution < 1.29 is 9.47 Å². The van der Waals surface area contributed by atoms with Gasteiger partial charge in [-0.2, -0.15) is 0 Å². The van der Waals surface area contributed by atoms with Crippen LogP contribution in [0.25, 0.3) is 0 Å². The Morgan fingerprint density at radius 3 is 2.94 bits per heavy atom. The smallest absolute Gasteiger partial charge is 0.163 e. The Balaban J connectivity index is 1.86. The van der Waals surface area contributed by atoms with E-state index in [-0.39, 0.29) is 18.2 Å². The molecule has 4 heteroatoms. The van der Waals surface area contributed by atoms with Crippen LogP contribution in [0.4, 0.5) is 0 Å². The summed E-state index contributed by atoms with van der Waals surface area (Å²) in [6, 6.07) is 8.07. The molecule has 2 fully saturated rings. The molecule has 2 unspecified atom stereocenters. The van der Waals surface area contributed by atoms with Crippen molar-refractivity contribution in [2.45, 2.75) is 37.9 Å². The number of hydrogen-bond donors (Lipinski definition) is 1. The Kier molecular flexibility index (Phi) is 2.67. The maximum atomic E-state index is 6.02. The lowest BCUT2D eigenvalue weighted by Gasteiger charge is -2.22. The van der Waals surface area contributed by atoms with Crippen molar-refractivity contribution >= 4 is 11.6 Å². The minimum absolute atomic E-state index is 0.0727. The third kappa shape index (κ3) is 2.08. The van der Waals surface area contributed by atoms with Gasteiger partial charge in [0.1, 0.15) is 12.2 Å². The molecular weight excluding hydrogens is 238 g/mol. The van der Waals surface area contributed by atoms with Crippen molar-refractivity contribution in [1.29, 1.82) is 0 Å². The molecule has 2 aliphatic heterocycles. The van der Waals surface area contributed by atoms with Gasteiger partial charge in [-0.05, 0) is 31.5 Å². The van der Waals surface area contributed by atoms with E-state index < -0.39 is 5.79 Å². The summed E-state index contributed by atoms with van der Waals surface area (Å²) in [5.74, 6) is -0.478. The number of ether oxygens (including phenoxy) is 2. The third-order valence-electron chi connectivity index (χ3n) is 3.30. The molecule has 0 aliphatic carbocycles. The second kappa shape index (κ2) is 3.95. The summed E-state index contributed by atoms with van der Waals surface area (Å²) in [5.41, 5.74) is 1.16. The van der Waals surface area contributed by atoms with E-state index >= 15 is 0 Å². The van der Waals surface area contributed by atoms with Gasteiger partial charge in [0.2, 0.25) is 0 Å². The van der Waals surface area contributed by atoms with E-state index in [9.17, 15) is 0 Å². The van der Waals surface area contributed by atoms with E-state index in [0.717, 1.165) is 17.1 Å². The fourth-order valence-corrected chi connectivity index (χ4v) is 2.87. The van der Waals surface area contributed by atoms with Gasteiger partial charge in [0.25, 0.3) is 0 Å². The summed E-state index contributed by atoms with van der Waals surface area (Å²) in [7, 11) is 0. The van der Waals surface area contributed by atoms with Crippen LogP contribution in [0, 0.1) is 0 Å². The molecule has 3 nitrogen and oxygen atoms in total. The van der Waals surface area contributed by atoms with Crippen molar-refractivity contribution in [3.05, 3.63) is 34.9 Å². The first-order valence-electron chi connectivity index (χ1n) is 5.90. The van der Waals surface area contributed by atoms with Gasteiger partial charge < -0.3 is 14.8 Å². The number of fused-ring (bicyclic) bond motifs is 1. The van der Waals surface area contributed by atoms with Gasteiger partial charge in [-0.3, -0.25) is 0 Å². The SMILES string of the molecule is CC1(C)OC2C(c3cccc(Cl)c3)NC[C@@H]2O1. The first kappa shape index (κ1) is 11.5. The molecule has 3 rings (SSSR count). The highest BCUT2D eigenvalue weighted by Crippen LogP contribution is 2.39. The zero-order valence-corrected chi connectivity index (χ0v) is 10.7. The molecule has 92 valence electrons. The minimum Gasteiger partial charge on any atom is -0.343 e. The number of halogens is 1. The van der Waals surface area contributed by atoms with Crippen LogP contribution in [-0.2, 0) is 9.47 Å². The van der Waals surface area contributed by atoms with Crippen molar-refractivity contribution in [2.75, 3.05) is 6.54 Å². The molecule has 0 spiro atoms. The summed E-state index contributed by atoms with van der Waals surface area (Å²) >= 11 is 6.02. The van der Waals surface area contributed by atoms with E-state index in [1.165, 1.54) is 0 Å². The minimum atomic E-state index is -0.478. The highest BCUT2D eigenvalue weighted by Gasteiger charge is 2.49. The van der Waals surface area contributed by atoms with Crippen molar-refractivity contribution in [1.82, 2.24) is 5.32 Å². The van der Waals surface area contributed by atoms with Crippen LogP contribution in [0.3, 0.4) is 0 Å². The molecule has 17 heavy (non-hydrogen) atoms. The zero-order valence-electron chi connectivity index (χ0n) is 9.94. The van der Waals surface area contributed by atoms with Crippen LogP contribution in [0.15, 0.2) is 24.3 Å². The normalized spacial score (nSPS) is 34.9. The number of hydrogen-bond acceptors (Lipinski definition) is 3. The predicted octanol–water partition coefficient (Wildman–Crippen LogP) is 2.50. The van der Waals surface area contributed by atoms with E-state index in [2.05, 4.69) is 11.4 Å². The highest BCUT2D eigenvalue weighted by molar-refractivity contribution is 6.30. The molecule has 0 aromatic heterocycles. The molecule has 3 atom stereocenters. The predicted molar refractivity (Wildman–Crippen MR) is 66.0 cm³/mol. The van der Waals surface area contributed by atoms with Crippen LogP contribution in [0.1, 0.15) is 25.5 Å². The van der Waals surface area contributed by atoms with Crippen molar-refractivity contribution in [3.63, 3.8) is 0 Å². The van der Waals surface area contributed by atoms with E-state index in [1.54, 1.807) is 0 Å². The van der Waals surface area contributed by atoms with Crippen LogP contribution in [-0.4, -0.2) is 24.5 Å². The summed E-state index contributed by atoms with van der Waals surface area (Å²) in [4.78, 5) is 0. The number of rotatable bonds is 1. The summed E-state index contributed by atoms with van der Waals surface area (Å²) in [5, 5.41) is 4.19. The van der Waals surface area contributed by atoms with Gasteiger partial charge in [-0.1, -0.05) is 23.7 Å². The summed E-state index contributed by atoms with van der Waals surface area (Å²) < 4.78 is 11.8. The quantitative estimate of drug-likeness (QED) is 0.834. The fourth-order valence-electron chi connectivity index (χ4n) is 2.67. The third-order valence-corrected chi connectivity index (χ3v) is 3.53. The van der Waals surface area contributed by atoms with Crippen LogP contribution >= 0.6 is 11.6 Å². The Morgan fingerprint density at radius 1 is 1.35 bits per heavy atom. The Bertz CT molecular complexity index is 435. The lowest BCUT2D eigenvalue weighted by atomic mass is 10.0. The maximum Gasteiger partial charge on any atom is 0.163 e. The van der Waals surface area contributed by atoms with Gasteiger partial charge in [0.15, 0.2) is 5.79 Å². The Hall–Kier alpha value is -0.610. The van der Waals surface area contributed by atoms with Gasteiger partial charge >= 0.3 is 0 Å². The topological polar surface area (TPSA) is 30.5 Å². The van der Waals surface area contributed by atoms with E-state index in [4.69, 9.17) is 21.1 Å². The summed E-state index contributed by atoms with van der Waals surface area (Å²) in [6.45, 7) is 4.74. The van der Waals surface area contributed by atoms with Crippen LogP contribution in [0.5, 0.6) is 0 Å².